The van der Waals surface area contributed by atoms with Gasteiger partial charge < -0.3 is 14.2 Å². The molecule has 1 amide bonds. The molecule has 1 aliphatic rings. The van der Waals surface area contributed by atoms with E-state index in [2.05, 4.69) is 15.9 Å². The molecule has 4 nitrogen and oxygen atoms in total. The van der Waals surface area contributed by atoms with Crippen LogP contribution in [0.25, 0.3) is 0 Å². The fraction of sp³-hybridized carbons (Fsp3) is 0.643. The molecule has 1 aromatic heterocycles. The quantitative estimate of drug-likeness (QED) is 0.851. The smallest absolute Gasteiger partial charge is 0.270 e. The number of hydrogen-bond acceptors (Lipinski definition) is 2. The van der Waals surface area contributed by atoms with Crippen LogP contribution in [0.4, 0.5) is 0 Å². The topological polar surface area (TPSA) is 34.5 Å². The Labute approximate surface area is 122 Å². The van der Waals surface area contributed by atoms with Crippen LogP contribution in [0.3, 0.4) is 0 Å². The van der Waals surface area contributed by atoms with Gasteiger partial charge >= 0.3 is 0 Å². The van der Waals surface area contributed by atoms with Gasteiger partial charge in [-0.05, 0) is 48.7 Å². The standard InChI is InChI=1S/C14H21BrN2O2/c1-3-16-10-11(15)9-13(16)14(18)17-7-5-12(6-8-17)19-4-2/h9-10,12H,3-8H2,1-2H3. The third kappa shape index (κ3) is 3.39. The summed E-state index contributed by atoms with van der Waals surface area (Å²) in [5.74, 6) is 0.127. The number of carbonyl (C=O) groups is 1. The molecule has 5 heteroatoms. The highest BCUT2D eigenvalue weighted by Gasteiger charge is 2.25. The van der Waals surface area contributed by atoms with Gasteiger partial charge in [-0.3, -0.25) is 4.79 Å². The largest absolute Gasteiger partial charge is 0.378 e. The van der Waals surface area contributed by atoms with Crippen molar-refractivity contribution in [1.82, 2.24) is 9.47 Å². The Hall–Kier alpha value is -0.810. The van der Waals surface area contributed by atoms with Crippen LogP contribution >= 0.6 is 15.9 Å². The van der Waals surface area contributed by atoms with Crippen molar-refractivity contribution in [2.24, 2.45) is 0 Å². The first kappa shape index (κ1) is 14.6. The average Bonchev–Trinajstić information content (AvgIpc) is 2.80. The fourth-order valence-corrected chi connectivity index (χ4v) is 3.00. The van der Waals surface area contributed by atoms with Gasteiger partial charge in [0, 0.05) is 36.9 Å². The molecule has 0 saturated carbocycles. The number of nitrogens with zero attached hydrogens (tertiary/aromatic N) is 2. The Balaban J connectivity index is 2.01. The number of rotatable bonds is 4. The van der Waals surface area contributed by atoms with Crippen LogP contribution in [0.1, 0.15) is 37.2 Å². The summed E-state index contributed by atoms with van der Waals surface area (Å²) < 4.78 is 8.56. The maximum absolute atomic E-state index is 12.5. The second-order valence-corrected chi connectivity index (χ2v) is 5.69. The Morgan fingerprint density at radius 2 is 2.11 bits per heavy atom. The molecule has 0 radical (unpaired) electrons. The maximum Gasteiger partial charge on any atom is 0.270 e. The summed E-state index contributed by atoms with van der Waals surface area (Å²) in [7, 11) is 0. The molecular formula is C14H21BrN2O2. The Morgan fingerprint density at radius 3 is 2.68 bits per heavy atom. The van der Waals surface area contributed by atoms with E-state index < -0.39 is 0 Å². The van der Waals surface area contributed by atoms with Crippen LogP contribution in [0.2, 0.25) is 0 Å². The van der Waals surface area contributed by atoms with Crippen molar-refractivity contribution in [2.45, 2.75) is 39.3 Å². The Morgan fingerprint density at radius 1 is 1.42 bits per heavy atom. The number of piperidine rings is 1. The molecule has 1 fully saturated rings. The average molecular weight is 329 g/mol. The molecular weight excluding hydrogens is 308 g/mol. The number of likely N-dealkylation sites (tertiary alicyclic amines) is 1. The zero-order valence-electron chi connectivity index (χ0n) is 11.6. The third-order valence-electron chi connectivity index (χ3n) is 3.55. The lowest BCUT2D eigenvalue weighted by molar-refractivity contribution is 0.0143. The van der Waals surface area contributed by atoms with Crippen molar-refractivity contribution in [2.75, 3.05) is 19.7 Å². The molecule has 0 aromatic carbocycles. The summed E-state index contributed by atoms with van der Waals surface area (Å²) in [6.45, 7) is 7.20. The molecule has 0 spiro atoms. The van der Waals surface area contributed by atoms with Crippen molar-refractivity contribution >= 4 is 21.8 Å². The summed E-state index contributed by atoms with van der Waals surface area (Å²) >= 11 is 3.43. The van der Waals surface area contributed by atoms with E-state index in [1.165, 1.54) is 0 Å². The van der Waals surface area contributed by atoms with Gasteiger partial charge in [-0.25, -0.2) is 0 Å². The summed E-state index contributed by atoms with van der Waals surface area (Å²) in [5.41, 5.74) is 0.768. The molecule has 1 aliphatic heterocycles. The first-order chi connectivity index (χ1) is 9.15. The van der Waals surface area contributed by atoms with Crippen molar-refractivity contribution in [3.05, 3.63) is 22.4 Å². The zero-order chi connectivity index (χ0) is 13.8. The maximum atomic E-state index is 12.5. The predicted molar refractivity (Wildman–Crippen MR) is 78.4 cm³/mol. The van der Waals surface area contributed by atoms with E-state index in [1.54, 1.807) is 0 Å². The highest BCUT2D eigenvalue weighted by molar-refractivity contribution is 9.10. The van der Waals surface area contributed by atoms with Crippen molar-refractivity contribution < 1.29 is 9.53 Å². The van der Waals surface area contributed by atoms with E-state index in [9.17, 15) is 4.79 Å². The van der Waals surface area contributed by atoms with Crippen LogP contribution in [0.5, 0.6) is 0 Å². The normalized spacial score (nSPS) is 16.9. The van der Waals surface area contributed by atoms with E-state index in [0.29, 0.717) is 6.10 Å². The third-order valence-corrected chi connectivity index (χ3v) is 3.99. The monoisotopic (exact) mass is 328 g/mol. The van der Waals surface area contributed by atoms with Gasteiger partial charge in [0.25, 0.3) is 5.91 Å². The first-order valence-electron chi connectivity index (χ1n) is 6.92. The van der Waals surface area contributed by atoms with E-state index >= 15 is 0 Å². The summed E-state index contributed by atoms with van der Waals surface area (Å²) in [6.07, 6.45) is 4.15. The fourth-order valence-electron chi connectivity index (χ4n) is 2.54. The predicted octanol–water partition coefficient (Wildman–Crippen LogP) is 2.91. The van der Waals surface area contributed by atoms with Gasteiger partial charge in [0.05, 0.1) is 6.10 Å². The first-order valence-corrected chi connectivity index (χ1v) is 7.71. The number of carbonyl (C=O) groups excluding carboxylic acids is 1. The van der Waals surface area contributed by atoms with Crippen molar-refractivity contribution in [1.29, 1.82) is 0 Å². The van der Waals surface area contributed by atoms with Gasteiger partial charge in [-0.15, -0.1) is 0 Å². The molecule has 106 valence electrons. The lowest BCUT2D eigenvalue weighted by atomic mass is 10.1. The number of halogens is 1. The van der Waals surface area contributed by atoms with Crippen LogP contribution in [0, 0.1) is 0 Å². The Bertz CT molecular complexity index is 437. The minimum atomic E-state index is 0.127. The summed E-state index contributed by atoms with van der Waals surface area (Å²) in [4.78, 5) is 14.4. The SMILES string of the molecule is CCOC1CCN(C(=O)c2cc(Br)cn2CC)CC1. The minimum Gasteiger partial charge on any atom is -0.378 e. The number of ether oxygens (including phenoxy) is 1. The van der Waals surface area contributed by atoms with Gasteiger partial charge in [0.15, 0.2) is 0 Å². The number of aromatic nitrogens is 1. The van der Waals surface area contributed by atoms with E-state index in [4.69, 9.17) is 4.74 Å². The second kappa shape index (κ2) is 6.57. The molecule has 1 saturated heterocycles. The number of hydrogen-bond donors (Lipinski definition) is 0. The van der Waals surface area contributed by atoms with Crippen LogP contribution in [-0.2, 0) is 11.3 Å². The molecule has 2 heterocycles. The summed E-state index contributed by atoms with van der Waals surface area (Å²) in [6, 6.07) is 1.90. The lowest BCUT2D eigenvalue weighted by Gasteiger charge is -2.31. The molecule has 1 aromatic rings. The molecule has 19 heavy (non-hydrogen) atoms. The minimum absolute atomic E-state index is 0.127. The van der Waals surface area contributed by atoms with Crippen LogP contribution in [0.15, 0.2) is 16.7 Å². The van der Waals surface area contributed by atoms with E-state index in [-0.39, 0.29) is 5.91 Å². The van der Waals surface area contributed by atoms with Gasteiger partial charge in [0.1, 0.15) is 5.69 Å². The van der Waals surface area contributed by atoms with Crippen molar-refractivity contribution in [3.63, 3.8) is 0 Å². The van der Waals surface area contributed by atoms with Crippen LogP contribution in [-0.4, -0.2) is 41.2 Å². The zero-order valence-corrected chi connectivity index (χ0v) is 13.1. The number of aryl methyl sites for hydroxylation is 1. The molecule has 0 unspecified atom stereocenters. The van der Waals surface area contributed by atoms with Gasteiger partial charge in [0.2, 0.25) is 0 Å². The van der Waals surface area contributed by atoms with Gasteiger partial charge in [-0.1, -0.05) is 0 Å². The van der Waals surface area contributed by atoms with Gasteiger partial charge in [-0.2, -0.15) is 0 Å². The highest BCUT2D eigenvalue weighted by Crippen LogP contribution is 2.20. The van der Waals surface area contributed by atoms with Crippen molar-refractivity contribution in [3.8, 4) is 0 Å². The Kier molecular flexibility index (Phi) is 5.05. The lowest BCUT2D eigenvalue weighted by Crippen LogP contribution is -2.41. The molecule has 0 N–H and O–H groups in total. The second-order valence-electron chi connectivity index (χ2n) is 4.78. The highest BCUT2D eigenvalue weighted by atomic mass is 79.9. The van der Waals surface area contributed by atoms with E-state index in [0.717, 1.165) is 49.2 Å². The summed E-state index contributed by atoms with van der Waals surface area (Å²) in [5, 5.41) is 0. The van der Waals surface area contributed by atoms with Crippen LogP contribution < -0.4 is 0 Å². The number of amides is 1. The molecule has 0 bridgehead atoms. The molecule has 0 atom stereocenters. The molecule has 2 rings (SSSR count). The van der Waals surface area contributed by atoms with E-state index in [1.807, 2.05) is 35.6 Å². The molecule has 0 aliphatic carbocycles.